The van der Waals surface area contributed by atoms with E-state index in [1.807, 2.05) is 16.8 Å². The van der Waals surface area contributed by atoms with Gasteiger partial charge in [-0.2, -0.15) is 0 Å². The second kappa shape index (κ2) is 3.81. The molecule has 0 N–H and O–H groups in total. The number of hydrogen-bond donors (Lipinski definition) is 0. The van der Waals surface area contributed by atoms with Gasteiger partial charge < -0.3 is 0 Å². The summed E-state index contributed by atoms with van der Waals surface area (Å²) < 4.78 is 0. The van der Waals surface area contributed by atoms with Gasteiger partial charge in [0.1, 0.15) is 0 Å². The summed E-state index contributed by atoms with van der Waals surface area (Å²) in [6.07, 6.45) is 0. The molecule has 2 rings (SSSR count). The molecule has 0 aliphatic carbocycles. The highest BCUT2D eigenvalue weighted by atomic mass is 35.5. The van der Waals surface area contributed by atoms with Crippen LogP contribution < -0.4 is 0 Å². The van der Waals surface area contributed by atoms with Crippen molar-refractivity contribution in [2.45, 2.75) is 6.92 Å². The van der Waals surface area contributed by atoms with E-state index < -0.39 is 0 Å². The Labute approximate surface area is 94.2 Å². The highest BCUT2D eigenvalue weighted by Crippen LogP contribution is 2.33. The van der Waals surface area contributed by atoms with Crippen LogP contribution in [-0.2, 0) is 0 Å². The lowest BCUT2D eigenvalue weighted by Crippen LogP contribution is -1.89. The summed E-state index contributed by atoms with van der Waals surface area (Å²) in [7, 11) is 0. The summed E-state index contributed by atoms with van der Waals surface area (Å²) in [5.41, 5.74) is 0.792. The average molecular weight is 244 g/mol. The Morgan fingerprint density at radius 1 is 1.50 bits per heavy atom. The van der Waals surface area contributed by atoms with E-state index in [-0.39, 0.29) is 5.78 Å². The molecule has 2 heterocycles. The van der Waals surface area contributed by atoms with E-state index in [4.69, 9.17) is 11.6 Å². The SMILES string of the molecule is CC(=O)c1nc(-c2sccc2Cl)cs1. The van der Waals surface area contributed by atoms with Gasteiger partial charge in [0.15, 0.2) is 10.8 Å². The van der Waals surface area contributed by atoms with E-state index in [0.29, 0.717) is 10.0 Å². The number of thiophene rings is 1. The van der Waals surface area contributed by atoms with Gasteiger partial charge in [0.2, 0.25) is 0 Å². The number of carbonyl (C=O) groups excluding carboxylic acids is 1. The molecule has 0 bridgehead atoms. The van der Waals surface area contributed by atoms with Crippen molar-refractivity contribution in [1.29, 1.82) is 0 Å². The number of ketones is 1. The molecule has 0 aliphatic rings. The van der Waals surface area contributed by atoms with Crippen molar-refractivity contribution >= 4 is 40.1 Å². The fraction of sp³-hybridized carbons (Fsp3) is 0.111. The molecule has 14 heavy (non-hydrogen) atoms. The van der Waals surface area contributed by atoms with E-state index >= 15 is 0 Å². The third-order valence-corrected chi connectivity index (χ3v) is 3.96. The van der Waals surface area contributed by atoms with Crippen molar-refractivity contribution in [1.82, 2.24) is 4.98 Å². The molecule has 0 atom stereocenters. The van der Waals surface area contributed by atoms with Crippen LogP contribution in [-0.4, -0.2) is 10.8 Å². The van der Waals surface area contributed by atoms with Crippen LogP contribution in [0.2, 0.25) is 5.02 Å². The van der Waals surface area contributed by atoms with Gasteiger partial charge in [0, 0.05) is 12.3 Å². The normalized spacial score (nSPS) is 10.4. The topological polar surface area (TPSA) is 30.0 Å². The maximum atomic E-state index is 11.0. The third kappa shape index (κ3) is 1.73. The third-order valence-electron chi connectivity index (χ3n) is 1.66. The minimum Gasteiger partial charge on any atom is -0.292 e. The molecule has 0 amide bonds. The van der Waals surface area contributed by atoms with Crippen LogP contribution >= 0.6 is 34.3 Å². The Morgan fingerprint density at radius 2 is 2.29 bits per heavy atom. The molecule has 0 aromatic carbocycles. The van der Waals surface area contributed by atoms with Gasteiger partial charge in [-0.05, 0) is 11.4 Å². The number of Topliss-reactive ketones (excluding diaryl/α,β-unsaturated/α-hetero) is 1. The zero-order chi connectivity index (χ0) is 10.1. The first-order chi connectivity index (χ1) is 6.68. The summed E-state index contributed by atoms with van der Waals surface area (Å²) >= 11 is 8.83. The molecular weight excluding hydrogens is 238 g/mol. The summed E-state index contributed by atoms with van der Waals surface area (Å²) in [4.78, 5) is 16.2. The minimum absolute atomic E-state index is 0.00562. The number of nitrogens with zero attached hydrogens (tertiary/aromatic N) is 1. The summed E-state index contributed by atoms with van der Waals surface area (Å²) in [5.74, 6) is -0.00562. The lowest BCUT2D eigenvalue weighted by molar-refractivity contribution is 0.101. The van der Waals surface area contributed by atoms with Crippen LogP contribution in [0.5, 0.6) is 0 Å². The predicted octanol–water partition coefficient (Wildman–Crippen LogP) is 3.73. The van der Waals surface area contributed by atoms with E-state index in [0.717, 1.165) is 10.6 Å². The highest BCUT2D eigenvalue weighted by Gasteiger charge is 2.11. The summed E-state index contributed by atoms with van der Waals surface area (Å²) in [6.45, 7) is 1.51. The molecule has 2 nitrogen and oxygen atoms in total. The molecule has 0 aliphatic heterocycles. The molecule has 0 fully saturated rings. The maximum Gasteiger partial charge on any atom is 0.188 e. The highest BCUT2D eigenvalue weighted by molar-refractivity contribution is 7.15. The quantitative estimate of drug-likeness (QED) is 0.753. The Hall–Kier alpha value is -0.710. The van der Waals surface area contributed by atoms with Crippen molar-refractivity contribution < 1.29 is 4.79 Å². The van der Waals surface area contributed by atoms with Gasteiger partial charge in [0.05, 0.1) is 15.6 Å². The number of carbonyl (C=O) groups is 1. The number of aromatic nitrogens is 1. The molecule has 0 spiro atoms. The van der Waals surface area contributed by atoms with Crippen molar-refractivity contribution in [2.24, 2.45) is 0 Å². The second-order valence-corrected chi connectivity index (χ2v) is 4.87. The van der Waals surface area contributed by atoms with Crippen LogP contribution in [0.1, 0.15) is 16.7 Å². The van der Waals surface area contributed by atoms with Crippen molar-refractivity contribution in [2.75, 3.05) is 0 Å². The Kier molecular flexibility index (Phi) is 2.67. The van der Waals surface area contributed by atoms with Crippen LogP contribution in [0, 0.1) is 0 Å². The molecule has 2 aromatic rings. The lowest BCUT2D eigenvalue weighted by atomic mass is 10.4. The molecule has 0 radical (unpaired) electrons. The summed E-state index contributed by atoms with van der Waals surface area (Å²) in [6, 6.07) is 1.83. The van der Waals surface area contributed by atoms with Crippen molar-refractivity contribution in [3.63, 3.8) is 0 Å². The smallest absolute Gasteiger partial charge is 0.188 e. The second-order valence-electron chi connectivity index (χ2n) is 2.69. The zero-order valence-electron chi connectivity index (χ0n) is 7.28. The molecule has 0 saturated heterocycles. The van der Waals surface area contributed by atoms with E-state index in [1.54, 1.807) is 0 Å². The van der Waals surface area contributed by atoms with Crippen LogP contribution in [0.3, 0.4) is 0 Å². The molecule has 0 saturated carbocycles. The fourth-order valence-electron chi connectivity index (χ4n) is 1.02. The van der Waals surface area contributed by atoms with E-state index in [2.05, 4.69) is 4.98 Å². The van der Waals surface area contributed by atoms with Crippen LogP contribution in [0.4, 0.5) is 0 Å². The predicted molar refractivity (Wildman–Crippen MR) is 60.4 cm³/mol. The number of thiazole rings is 1. The number of halogens is 1. The molecule has 5 heteroatoms. The molecular formula is C9H6ClNOS2. The standard InChI is InChI=1S/C9H6ClNOS2/c1-5(12)9-11-7(4-14-9)8-6(10)2-3-13-8/h2-4H,1H3. The van der Waals surface area contributed by atoms with Gasteiger partial charge in [-0.25, -0.2) is 4.98 Å². The zero-order valence-corrected chi connectivity index (χ0v) is 9.67. The molecule has 0 unspecified atom stereocenters. The number of hydrogen-bond acceptors (Lipinski definition) is 4. The van der Waals surface area contributed by atoms with Gasteiger partial charge in [-0.1, -0.05) is 11.6 Å². The van der Waals surface area contributed by atoms with Gasteiger partial charge in [0.25, 0.3) is 0 Å². The van der Waals surface area contributed by atoms with Crippen LogP contribution in [0.25, 0.3) is 10.6 Å². The van der Waals surface area contributed by atoms with Gasteiger partial charge in [-0.3, -0.25) is 4.79 Å². The Bertz CT molecular complexity index is 475. The largest absolute Gasteiger partial charge is 0.292 e. The Morgan fingerprint density at radius 3 is 2.79 bits per heavy atom. The van der Waals surface area contributed by atoms with Crippen molar-refractivity contribution in [3.8, 4) is 10.6 Å². The lowest BCUT2D eigenvalue weighted by Gasteiger charge is -1.90. The minimum atomic E-state index is -0.00562. The fourth-order valence-corrected chi connectivity index (χ4v) is 2.92. The van der Waals surface area contributed by atoms with Gasteiger partial charge in [-0.15, -0.1) is 22.7 Å². The van der Waals surface area contributed by atoms with E-state index in [1.165, 1.54) is 29.6 Å². The Balaban J connectivity index is 2.43. The molecule has 72 valence electrons. The average Bonchev–Trinajstić information content (AvgIpc) is 2.71. The van der Waals surface area contributed by atoms with Gasteiger partial charge >= 0.3 is 0 Å². The van der Waals surface area contributed by atoms with Crippen molar-refractivity contribution in [3.05, 3.63) is 26.9 Å². The summed E-state index contributed by atoms with van der Waals surface area (Å²) in [5, 5.41) is 4.98. The monoisotopic (exact) mass is 243 g/mol. The first-order valence-corrected chi connectivity index (χ1v) is 6.02. The molecule has 2 aromatic heterocycles. The first kappa shape index (κ1) is 9.83. The first-order valence-electron chi connectivity index (χ1n) is 3.88. The van der Waals surface area contributed by atoms with Crippen LogP contribution in [0.15, 0.2) is 16.8 Å². The number of rotatable bonds is 2. The van der Waals surface area contributed by atoms with E-state index in [9.17, 15) is 4.79 Å². The maximum absolute atomic E-state index is 11.0.